The lowest BCUT2D eigenvalue weighted by atomic mass is 9.84. The van der Waals surface area contributed by atoms with Gasteiger partial charge in [-0.05, 0) is 62.9 Å². The summed E-state index contributed by atoms with van der Waals surface area (Å²) in [6, 6.07) is 3.67. The van der Waals surface area contributed by atoms with Gasteiger partial charge in [-0.25, -0.2) is 4.98 Å². The molecule has 8 nitrogen and oxygen atoms in total. The number of alkyl halides is 3. The molecule has 1 atom stereocenters. The quantitative estimate of drug-likeness (QED) is 0.476. The molecular formula is C25H28F3N7O. The summed E-state index contributed by atoms with van der Waals surface area (Å²) < 4.78 is 40.3. The SMILES string of the molecule is C[C@@H]1CN(C(=O)c2n[nH]c3ccc4nc(/C(=C/N)C(=N)C(F)(F)F)c5c(c4c23)CCCC5)CCN1C. The molecule has 2 aromatic heterocycles. The largest absolute Gasteiger partial charge is 0.433 e. The van der Waals surface area contributed by atoms with E-state index in [-0.39, 0.29) is 17.6 Å². The normalized spacial score (nSPS) is 19.6. The van der Waals surface area contributed by atoms with Crippen molar-refractivity contribution in [3.8, 4) is 0 Å². The Hall–Kier alpha value is -3.47. The van der Waals surface area contributed by atoms with E-state index in [1.54, 1.807) is 17.0 Å². The number of carbonyl (C=O) groups is 1. The van der Waals surface area contributed by atoms with E-state index in [9.17, 15) is 18.0 Å². The predicted molar refractivity (Wildman–Crippen MR) is 132 cm³/mol. The summed E-state index contributed by atoms with van der Waals surface area (Å²) in [6.45, 7) is 4.00. The molecule has 3 heterocycles. The Kier molecular flexibility index (Phi) is 5.98. The number of fused-ring (bicyclic) bond motifs is 5. The molecule has 1 amide bonds. The van der Waals surface area contributed by atoms with Crippen LogP contribution in [0.25, 0.3) is 27.4 Å². The average molecular weight is 500 g/mol. The molecule has 1 aliphatic carbocycles. The third kappa shape index (κ3) is 3.91. The molecule has 0 spiro atoms. The van der Waals surface area contributed by atoms with Crippen molar-refractivity contribution < 1.29 is 18.0 Å². The summed E-state index contributed by atoms with van der Waals surface area (Å²) in [4.78, 5) is 22.2. The highest BCUT2D eigenvalue weighted by Crippen LogP contribution is 2.39. The number of rotatable bonds is 3. The van der Waals surface area contributed by atoms with Crippen LogP contribution in [0.15, 0.2) is 18.3 Å². The van der Waals surface area contributed by atoms with Crippen LogP contribution in [0.1, 0.15) is 47.1 Å². The number of hydrogen-bond donors (Lipinski definition) is 3. The molecule has 0 saturated carbocycles. The standard InChI is InChI=1S/C25H28F3N7O/c1-13-12-35(10-9-34(13)2)24(36)22-20-18(32-33-22)8-7-17-19(20)14-5-3-4-6-15(14)21(31-17)16(11-29)23(30)25(26,27)28/h7-8,11,13,30H,3-6,9-10,12,29H2,1-2H3,(H,32,33)/b16-11-,30-23?/t13-/m1/s1. The second kappa shape index (κ2) is 8.88. The number of carbonyl (C=O) groups excluding carboxylic acids is 1. The maximum atomic E-state index is 13.6. The Morgan fingerprint density at radius 2 is 1.89 bits per heavy atom. The van der Waals surface area contributed by atoms with Crippen molar-refractivity contribution in [2.75, 3.05) is 26.7 Å². The van der Waals surface area contributed by atoms with Crippen LogP contribution in [-0.4, -0.2) is 75.5 Å². The van der Waals surface area contributed by atoms with E-state index in [4.69, 9.17) is 11.1 Å². The van der Waals surface area contributed by atoms with Crippen LogP contribution >= 0.6 is 0 Å². The molecule has 4 N–H and O–H groups in total. The zero-order chi connectivity index (χ0) is 25.8. The highest BCUT2D eigenvalue weighted by molar-refractivity contribution is 6.25. The molecule has 1 saturated heterocycles. The summed E-state index contributed by atoms with van der Waals surface area (Å²) in [5.41, 5.74) is 6.67. The second-order valence-electron chi connectivity index (χ2n) is 9.61. The van der Waals surface area contributed by atoms with Crippen LogP contribution in [0.4, 0.5) is 13.2 Å². The molecule has 1 aliphatic heterocycles. The van der Waals surface area contributed by atoms with Gasteiger partial charge in [-0.3, -0.25) is 15.3 Å². The van der Waals surface area contributed by atoms with E-state index in [0.29, 0.717) is 53.6 Å². The maximum Gasteiger partial charge on any atom is 0.433 e. The first-order valence-electron chi connectivity index (χ1n) is 12.0. The molecule has 5 rings (SSSR count). The zero-order valence-electron chi connectivity index (χ0n) is 20.2. The summed E-state index contributed by atoms with van der Waals surface area (Å²) in [5.74, 6) is -0.177. The minimum atomic E-state index is -4.85. The van der Waals surface area contributed by atoms with Crippen molar-refractivity contribution in [1.82, 2.24) is 25.0 Å². The number of halogens is 3. The number of nitrogens with zero attached hydrogens (tertiary/aromatic N) is 4. The highest BCUT2D eigenvalue weighted by Gasteiger charge is 2.39. The number of H-pyrrole nitrogens is 1. The van der Waals surface area contributed by atoms with Crippen molar-refractivity contribution in [2.45, 2.75) is 44.8 Å². The number of nitrogens with two attached hydrogens (primary N) is 1. The van der Waals surface area contributed by atoms with Crippen LogP contribution in [-0.2, 0) is 12.8 Å². The maximum absolute atomic E-state index is 13.6. The highest BCUT2D eigenvalue weighted by atomic mass is 19.4. The number of aryl methyl sites for hydroxylation is 1. The summed E-state index contributed by atoms with van der Waals surface area (Å²) in [6.07, 6.45) is -1.24. The molecular weight excluding hydrogens is 471 g/mol. The first kappa shape index (κ1) is 24.2. The van der Waals surface area contributed by atoms with Crippen molar-refractivity contribution in [3.05, 3.63) is 40.8 Å². The van der Waals surface area contributed by atoms with Crippen LogP contribution < -0.4 is 5.73 Å². The van der Waals surface area contributed by atoms with Gasteiger partial charge < -0.3 is 15.5 Å². The Morgan fingerprint density at radius 3 is 2.56 bits per heavy atom. The van der Waals surface area contributed by atoms with Crippen molar-refractivity contribution in [2.24, 2.45) is 5.73 Å². The zero-order valence-corrected chi connectivity index (χ0v) is 20.2. The molecule has 36 heavy (non-hydrogen) atoms. The third-order valence-electron chi connectivity index (χ3n) is 7.42. The number of pyridine rings is 1. The van der Waals surface area contributed by atoms with E-state index in [2.05, 4.69) is 27.0 Å². The molecule has 2 aliphatic rings. The van der Waals surface area contributed by atoms with Crippen LogP contribution in [0.5, 0.6) is 0 Å². The Labute approximate surface area is 205 Å². The molecule has 1 aromatic carbocycles. The van der Waals surface area contributed by atoms with Gasteiger partial charge in [0.2, 0.25) is 0 Å². The lowest BCUT2D eigenvalue weighted by Gasteiger charge is -2.37. The van der Waals surface area contributed by atoms with Gasteiger partial charge in [0, 0.05) is 48.2 Å². The predicted octanol–water partition coefficient (Wildman–Crippen LogP) is 3.65. The van der Waals surface area contributed by atoms with E-state index in [1.807, 2.05) is 7.05 Å². The topological polar surface area (TPSA) is 115 Å². The lowest BCUT2D eigenvalue weighted by Crippen LogP contribution is -2.52. The fourth-order valence-corrected chi connectivity index (χ4v) is 5.33. The van der Waals surface area contributed by atoms with Gasteiger partial charge in [-0.2, -0.15) is 18.3 Å². The number of piperazine rings is 1. The molecule has 0 unspecified atom stereocenters. The van der Waals surface area contributed by atoms with Gasteiger partial charge in [-0.1, -0.05) is 0 Å². The van der Waals surface area contributed by atoms with E-state index in [0.717, 1.165) is 36.5 Å². The van der Waals surface area contributed by atoms with Crippen LogP contribution in [0.3, 0.4) is 0 Å². The van der Waals surface area contributed by atoms with Gasteiger partial charge >= 0.3 is 6.18 Å². The number of nitrogens with one attached hydrogen (secondary N) is 2. The molecule has 0 radical (unpaired) electrons. The van der Waals surface area contributed by atoms with E-state index >= 15 is 0 Å². The Morgan fingerprint density at radius 1 is 1.17 bits per heavy atom. The van der Waals surface area contributed by atoms with Gasteiger partial charge in [0.1, 0.15) is 5.71 Å². The van der Waals surface area contributed by atoms with Gasteiger partial charge in [0.15, 0.2) is 5.69 Å². The minimum absolute atomic E-state index is 0.0886. The number of benzene rings is 1. The number of hydrogen-bond acceptors (Lipinski definition) is 6. The van der Waals surface area contributed by atoms with Crippen molar-refractivity contribution >= 4 is 39.0 Å². The molecule has 190 valence electrons. The van der Waals surface area contributed by atoms with E-state index in [1.165, 1.54) is 0 Å². The number of aromatic nitrogens is 3. The lowest BCUT2D eigenvalue weighted by molar-refractivity contribution is -0.0578. The fraction of sp³-hybridized carbons (Fsp3) is 0.440. The first-order chi connectivity index (χ1) is 17.1. The second-order valence-corrected chi connectivity index (χ2v) is 9.61. The summed E-state index contributed by atoms with van der Waals surface area (Å²) in [5, 5.41) is 16.4. The number of aromatic amines is 1. The van der Waals surface area contributed by atoms with Crippen molar-refractivity contribution in [1.29, 1.82) is 5.41 Å². The number of allylic oxidation sites excluding steroid dienone is 1. The smallest absolute Gasteiger partial charge is 0.404 e. The molecule has 0 bridgehead atoms. The summed E-state index contributed by atoms with van der Waals surface area (Å²) in [7, 11) is 2.03. The Bertz CT molecular complexity index is 1410. The summed E-state index contributed by atoms with van der Waals surface area (Å²) >= 11 is 0. The van der Waals surface area contributed by atoms with Gasteiger partial charge in [0.05, 0.1) is 16.7 Å². The van der Waals surface area contributed by atoms with Crippen molar-refractivity contribution in [3.63, 3.8) is 0 Å². The fourth-order valence-electron chi connectivity index (χ4n) is 5.33. The van der Waals surface area contributed by atoms with Crippen LogP contribution in [0, 0.1) is 5.41 Å². The molecule has 1 fully saturated rings. The minimum Gasteiger partial charge on any atom is -0.404 e. The third-order valence-corrected chi connectivity index (χ3v) is 7.42. The Balaban J connectivity index is 1.71. The van der Waals surface area contributed by atoms with Gasteiger partial charge in [0.25, 0.3) is 5.91 Å². The van der Waals surface area contributed by atoms with Gasteiger partial charge in [-0.15, -0.1) is 0 Å². The van der Waals surface area contributed by atoms with Crippen LogP contribution in [0.2, 0.25) is 0 Å². The monoisotopic (exact) mass is 499 g/mol. The average Bonchev–Trinajstić information content (AvgIpc) is 3.29. The first-order valence-corrected chi connectivity index (χ1v) is 12.0. The molecule has 11 heteroatoms. The van der Waals surface area contributed by atoms with E-state index < -0.39 is 17.5 Å². The number of amides is 1. The molecule has 3 aromatic rings. The number of likely N-dealkylation sites (N-methyl/N-ethyl adjacent to an activating group) is 1.